The molecule has 0 unspecified atom stereocenters. The van der Waals surface area contributed by atoms with Crippen LogP contribution in [0.5, 0.6) is 0 Å². The Balaban J connectivity index is 2.51. The Hall–Kier alpha value is -1.83. The first-order valence-corrected chi connectivity index (χ1v) is 5.93. The molecule has 88 valence electrons. The van der Waals surface area contributed by atoms with Gasteiger partial charge in [0.2, 0.25) is 0 Å². The number of hydrogen-bond donors (Lipinski definition) is 1. The summed E-state index contributed by atoms with van der Waals surface area (Å²) in [7, 11) is 0. The number of aryl methyl sites for hydroxylation is 2. The maximum atomic E-state index is 12.4. The van der Waals surface area contributed by atoms with Crippen LogP contribution in [-0.2, 0) is 6.42 Å². The molecule has 0 aliphatic rings. The molecular weight excluding hydrogens is 210 g/mol. The molecule has 1 aromatic carbocycles. The first-order valence-electron chi connectivity index (χ1n) is 5.93. The van der Waals surface area contributed by atoms with E-state index in [1.54, 1.807) is 0 Å². The Kier molecular flexibility index (Phi) is 3.14. The number of H-pyrrole nitrogens is 1. The van der Waals surface area contributed by atoms with Crippen LogP contribution in [0.2, 0.25) is 0 Å². The quantitative estimate of drug-likeness (QED) is 0.801. The Morgan fingerprint density at radius 1 is 1.12 bits per heavy atom. The summed E-state index contributed by atoms with van der Waals surface area (Å²) < 4.78 is 0. The molecule has 0 aliphatic carbocycles. The molecule has 1 heterocycles. The number of hydrogen-bond acceptors (Lipinski definition) is 1. The molecular formula is C15H17NO. The van der Waals surface area contributed by atoms with Gasteiger partial charge in [-0.05, 0) is 25.8 Å². The summed E-state index contributed by atoms with van der Waals surface area (Å²) in [5.41, 5.74) is 4.80. The van der Waals surface area contributed by atoms with Gasteiger partial charge in [0.1, 0.15) is 0 Å². The van der Waals surface area contributed by atoms with E-state index in [1.807, 2.05) is 44.2 Å². The molecule has 17 heavy (non-hydrogen) atoms. The second-order valence-electron chi connectivity index (χ2n) is 4.28. The number of carbonyl (C=O) groups excluding carboxylic acids is 1. The topological polar surface area (TPSA) is 32.9 Å². The smallest absolute Gasteiger partial charge is 0.195 e. The molecule has 0 saturated carbocycles. The second kappa shape index (κ2) is 4.58. The third-order valence-corrected chi connectivity index (χ3v) is 3.12. The lowest BCUT2D eigenvalue weighted by molar-refractivity contribution is 0.103. The first kappa shape index (κ1) is 11.6. The fourth-order valence-corrected chi connectivity index (χ4v) is 2.32. The Morgan fingerprint density at radius 3 is 2.35 bits per heavy atom. The number of benzene rings is 1. The molecule has 0 bridgehead atoms. The zero-order chi connectivity index (χ0) is 12.4. The zero-order valence-electron chi connectivity index (χ0n) is 10.5. The Labute approximate surface area is 102 Å². The van der Waals surface area contributed by atoms with Crippen LogP contribution in [-0.4, -0.2) is 10.8 Å². The lowest BCUT2D eigenvalue weighted by atomic mass is 9.98. The highest BCUT2D eigenvalue weighted by Gasteiger charge is 2.18. The van der Waals surface area contributed by atoms with Gasteiger partial charge in [-0.3, -0.25) is 4.79 Å². The van der Waals surface area contributed by atoms with Crippen LogP contribution in [0, 0.1) is 13.8 Å². The summed E-state index contributed by atoms with van der Waals surface area (Å²) in [5, 5.41) is 0. The maximum Gasteiger partial charge on any atom is 0.195 e. The summed E-state index contributed by atoms with van der Waals surface area (Å²) in [6.07, 6.45) is 0.879. The van der Waals surface area contributed by atoms with Crippen molar-refractivity contribution in [3.05, 3.63) is 58.4 Å². The minimum absolute atomic E-state index is 0.115. The number of aromatic amines is 1. The molecule has 0 amide bonds. The molecule has 0 saturated heterocycles. The van der Waals surface area contributed by atoms with Gasteiger partial charge in [0.15, 0.2) is 5.78 Å². The molecule has 0 spiro atoms. The van der Waals surface area contributed by atoms with Crippen molar-refractivity contribution < 1.29 is 4.79 Å². The van der Waals surface area contributed by atoms with Crippen molar-refractivity contribution in [1.82, 2.24) is 4.98 Å². The second-order valence-corrected chi connectivity index (χ2v) is 4.28. The Morgan fingerprint density at radius 2 is 1.76 bits per heavy atom. The minimum atomic E-state index is 0.115. The van der Waals surface area contributed by atoms with Crippen molar-refractivity contribution in [3.63, 3.8) is 0 Å². The van der Waals surface area contributed by atoms with Gasteiger partial charge < -0.3 is 4.98 Å². The van der Waals surface area contributed by atoms with Crippen molar-refractivity contribution in [1.29, 1.82) is 0 Å². The molecule has 2 nitrogen and oxygen atoms in total. The third-order valence-electron chi connectivity index (χ3n) is 3.12. The van der Waals surface area contributed by atoms with E-state index in [-0.39, 0.29) is 5.78 Å². The summed E-state index contributed by atoms with van der Waals surface area (Å²) in [6, 6.07) is 9.45. The van der Waals surface area contributed by atoms with Crippen LogP contribution < -0.4 is 0 Å². The van der Waals surface area contributed by atoms with Gasteiger partial charge in [-0.25, -0.2) is 0 Å². The maximum absolute atomic E-state index is 12.4. The number of carbonyl (C=O) groups is 1. The molecule has 0 fully saturated rings. The van der Waals surface area contributed by atoms with E-state index < -0.39 is 0 Å². The average Bonchev–Trinajstić information content (AvgIpc) is 2.63. The van der Waals surface area contributed by atoms with Crippen LogP contribution in [0.1, 0.15) is 39.8 Å². The van der Waals surface area contributed by atoms with E-state index in [0.29, 0.717) is 0 Å². The largest absolute Gasteiger partial charge is 0.362 e. The van der Waals surface area contributed by atoms with E-state index in [2.05, 4.69) is 11.9 Å². The predicted molar refractivity (Wildman–Crippen MR) is 69.5 cm³/mol. The predicted octanol–water partition coefficient (Wildman–Crippen LogP) is 3.42. The van der Waals surface area contributed by atoms with Crippen molar-refractivity contribution in [2.45, 2.75) is 27.2 Å². The van der Waals surface area contributed by atoms with Gasteiger partial charge in [-0.15, -0.1) is 0 Å². The summed E-state index contributed by atoms with van der Waals surface area (Å²) in [4.78, 5) is 15.7. The third kappa shape index (κ3) is 2.03. The highest BCUT2D eigenvalue weighted by Crippen LogP contribution is 2.22. The molecule has 1 N–H and O–H groups in total. The highest BCUT2D eigenvalue weighted by molar-refractivity contribution is 6.10. The van der Waals surface area contributed by atoms with E-state index in [0.717, 1.165) is 34.5 Å². The number of nitrogens with one attached hydrogen (secondary N) is 1. The van der Waals surface area contributed by atoms with Gasteiger partial charge in [0.25, 0.3) is 0 Å². The van der Waals surface area contributed by atoms with E-state index in [9.17, 15) is 4.79 Å². The van der Waals surface area contributed by atoms with Crippen LogP contribution in [0.4, 0.5) is 0 Å². The lowest BCUT2D eigenvalue weighted by Crippen LogP contribution is -2.04. The number of ketones is 1. The summed E-state index contributed by atoms with van der Waals surface area (Å²) in [6.45, 7) is 6.06. The van der Waals surface area contributed by atoms with Crippen molar-refractivity contribution >= 4 is 5.78 Å². The van der Waals surface area contributed by atoms with E-state index in [4.69, 9.17) is 0 Å². The monoisotopic (exact) mass is 227 g/mol. The van der Waals surface area contributed by atoms with Gasteiger partial charge >= 0.3 is 0 Å². The van der Waals surface area contributed by atoms with Gasteiger partial charge in [0.05, 0.1) is 0 Å². The normalized spacial score (nSPS) is 10.5. The molecule has 2 rings (SSSR count). The van der Waals surface area contributed by atoms with Gasteiger partial charge in [-0.1, -0.05) is 37.3 Å². The van der Waals surface area contributed by atoms with Crippen LogP contribution in [0.3, 0.4) is 0 Å². The average molecular weight is 227 g/mol. The van der Waals surface area contributed by atoms with E-state index in [1.165, 1.54) is 0 Å². The number of rotatable bonds is 3. The van der Waals surface area contributed by atoms with Crippen molar-refractivity contribution in [3.8, 4) is 0 Å². The molecule has 0 atom stereocenters. The minimum Gasteiger partial charge on any atom is -0.362 e. The zero-order valence-corrected chi connectivity index (χ0v) is 10.5. The molecule has 2 aromatic rings. The van der Waals surface area contributed by atoms with Crippen LogP contribution >= 0.6 is 0 Å². The van der Waals surface area contributed by atoms with E-state index >= 15 is 0 Å². The van der Waals surface area contributed by atoms with Crippen LogP contribution in [0.25, 0.3) is 0 Å². The van der Waals surface area contributed by atoms with Crippen LogP contribution in [0.15, 0.2) is 30.3 Å². The first-order chi connectivity index (χ1) is 8.15. The van der Waals surface area contributed by atoms with Gasteiger partial charge in [-0.2, -0.15) is 0 Å². The lowest BCUT2D eigenvalue weighted by Gasteiger charge is -2.03. The molecule has 1 aromatic heterocycles. The summed E-state index contributed by atoms with van der Waals surface area (Å²) in [5.74, 6) is 0.115. The fraction of sp³-hybridized carbons (Fsp3) is 0.267. The summed E-state index contributed by atoms with van der Waals surface area (Å²) >= 11 is 0. The molecule has 2 heteroatoms. The molecule has 0 aliphatic heterocycles. The SMILES string of the molecule is CCc1c(C)[nH]c(C)c1C(=O)c1ccccc1. The number of aromatic nitrogens is 1. The van der Waals surface area contributed by atoms with Gasteiger partial charge in [0, 0.05) is 22.5 Å². The fourth-order valence-electron chi connectivity index (χ4n) is 2.32. The van der Waals surface area contributed by atoms with Crippen molar-refractivity contribution in [2.75, 3.05) is 0 Å². The standard InChI is InChI=1S/C15H17NO/c1-4-13-10(2)16-11(3)14(13)15(17)12-8-6-5-7-9-12/h5-9,16H,4H2,1-3H3. The van der Waals surface area contributed by atoms with Crippen molar-refractivity contribution in [2.24, 2.45) is 0 Å². The molecule has 0 radical (unpaired) electrons. The Bertz CT molecular complexity index is 538. The highest BCUT2D eigenvalue weighted by atomic mass is 16.1.